The van der Waals surface area contributed by atoms with Crippen LogP contribution in [0.1, 0.15) is 18.4 Å². The molecule has 7 aromatic rings. The van der Waals surface area contributed by atoms with Gasteiger partial charge in [0.15, 0.2) is 0 Å². The first-order valence-corrected chi connectivity index (χ1v) is 17.4. The maximum absolute atomic E-state index is 2.49. The number of benzene rings is 6. The Hall–Kier alpha value is -5.03. The summed E-state index contributed by atoms with van der Waals surface area (Å²) in [6.07, 6.45) is 9.10. The maximum Gasteiger partial charge on any atom is 0.0999 e. The van der Waals surface area contributed by atoms with E-state index in [1.165, 1.54) is 70.2 Å². The summed E-state index contributed by atoms with van der Waals surface area (Å²) in [5.74, 6) is 0. The van der Waals surface area contributed by atoms with Crippen molar-refractivity contribution in [2.24, 2.45) is 0 Å². The first-order valence-electron chi connectivity index (χ1n) is 15.8. The Morgan fingerprint density at radius 1 is 0.565 bits per heavy atom. The van der Waals surface area contributed by atoms with E-state index in [2.05, 4.69) is 167 Å². The van der Waals surface area contributed by atoms with Crippen LogP contribution in [0.15, 0.2) is 167 Å². The number of hydrogen-bond acceptors (Lipinski definition) is 4. The molecule has 2 aliphatic rings. The highest BCUT2D eigenvalue weighted by Gasteiger charge is 2.29. The lowest BCUT2D eigenvalue weighted by molar-refractivity contribution is 1.04. The summed E-state index contributed by atoms with van der Waals surface area (Å²) in [5.41, 5.74) is 8.57. The number of anilines is 6. The molecular weight excluding hydrogens is 597 g/mol. The van der Waals surface area contributed by atoms with Gasteiger partial charge in [-0.05, 0) is 77.9 Å². The molecule has 46 heavy (non-hydrogen) atoms. The first kappa shape index (κ1) is 27.3. The molecule has 1 aliphatic carbocycles. The predicted molar refractivity (Wildman–Crippen MR) is 199 cm³/mol. The number of rotatable bonds is 5. The van der Waals surface area contributed by atoms with Crippen molar-refractivity contribution in [3.63, 3.8) is 0 Å². The molecule has 0 amide bonds. The third kappa shape index (κ3) is 4.48. The molecule has 4 heteroatoms. The number of para-hydroxylation sites is 2. The topological polar surface area (TPSA) is 6.48 Å². The second kappa shape index (κ2) is 11.4. The fourth-order valence-corrected chi connectivity index (χ4v) is 8.72. The zero-order valence-electron chi connectivity index (χ0n) is 25.1. The Morgan fingerprint density at radius 2 is 1.17 bits per heavy atom. The first-order chi connectivity index (χ1) is 22.8. The molecule has 2 heterocycles. The summed E-state index contributed by atoms with van der Waals surface area (Å²) in [6.45, 7) is 0. The van der Waals surface area contributed by atoms with Crippen LogP contribution in [0.25, 0.3) is 27.1 Å². The van der Waals surface area contributed by atoms with Gasteiger partial charge in [-0.2, -0.15) is 0 Å². The number of nitrogens with zero attached hydrogens (tertiary/aromatic N) is 2. The van der Waals surface area contributed by atoms with Crippen LogP contribution in [-0.2, 0) is 0 Å². The minimum Gasteiger partial charge on any atom is -0.307 e. The molecule has 2 nitrogen and oxygen atoms in total. The molecule has 0 atom stereocenters. The van der Waals surface area contributed by atoms with Crippen molar-refractivity contribution in [3.05, 3.63) is 163 Å². The van der Waals surface area contributed by atoms with Crippen molar-refractivity contribution in [2.75, 3.05) is 9.80 Å². The van der Waals surface area contributed by atoms with Gasteiger partial charge in [0, 0.05) is 37.0 Å². The second-order valence-electron chi connectivity index (χ2n) is 11.6. The highest BCUT2D eigenvalue weighted by molar-refractivity contribution is 7.99. The zero-order valence-corrected chi connectivity index (χ0v) is 26.8. The monoisotopic (exact) mass is 626 g/mol. The summed E-state index contributed by atoms with van der Waals surface area (Å²) in [6, 6.07) is 49.0. The van der Waals surface area contributed by atoms with Crippen LogP contribution >= 0.6 is 23.1 Å². The minimum absolute atomic E-state index is 1.10. The normalized spacial score (nSPS) is 13.8. The van der Waals surface area contributed by atoms with Crippen molar-refractivity contribution in [2.45, 2.75) is 22.6 Å². The van der Waals surface area contributed by atoms with Crippen molar-refractivity contribution in [1.29, 1.82) is 0 Å². The van der Waals surface area contributed by atoms with E-state index in [0.29, 0.717) is 0 Å². The van der Waals surface area contributed by atoms with Crippen LogP contribution < -0.4 is 9.80 Å². The Balaban J connectivity index is 1.33. The van der Waals surface area contributed by atoms with Gasteiger partial charge in [-0.25, -0.2) is 0 Å². The van der Waals surface area contributed by atoms with Gasteiger partial charge in [0.2, 0.25) is 0 Å². The fourth-order valence-electron chi connectivity index (χ4n) is 6.90. The van der Waals surface area contributed by atoms with Crippen LogP contribution in [0, 0.1) is 0 Å². The molecule has 0 bridgehead atoms. The standard InChI is InChI=1S/C42H30N2S2/c1-2-13-29(14-3-1)30-24-26-31(27-25-30)43(40-23-12-28-45-40)41-32-15-4-6-17-34(32)42(35-18-7-5-16-33(35)41)44-36-19-8-10-21-38(36)46-39-22-11-9-20-37(39)44/h2,4-28H,1,3H2. The lowest BCUT2D eigenvalue weighted by Crippen LogP contribution is -2.16. The molecule has 9 rings (SSSR count). The van der Waals surface area contributed by atoms with Crippen LogP contribution in [0.2, 0.25) is 0 Å². The van der Waals surface area contributed by atoms with Crippen LogP contribution in [0.5, 0.6) is 0 Å². The molecule has 0 saturated heterocycles. The molecule has 0 radical (unpaired) electrons. The van der Waals surface area contributed by atoms with Gasteiger partial charge in [0.1, 0.15) is 0 Å². The molecule has 0 unspecified atom stereocenters. The van der Waals surface area contributed by atoms with E-state index in [1.807, 2.05) is 11.8 Å². The molecule has 0 spiro atoms. The van der Waals surface area contributed by atoms with E-state index >= 15 is 0 Å². The van der Waals surface area contributed by atoms with Gasteiger partial charge >= 0.3 is 0 Å². The van der Waals surface area contributed by atoms with Crippen LogP contribution in [0.4, 0.5) is 33.4 Å². The van der Waals surface area contributed by atoms with E-state index in [-0.39, 0.29) is 0 Å². The van der Waals surface area contributed by atoms with E-state index in [0.717, 1.165) is 18.5 Å². The Kier molecular flexibility index (Phi) is 6.76. The van der Waals surface area contributed by atoms with Crippen molar-refractivity contribution < 1.29 is 0 Å². The van der Waals surface area contributed by atoms with Crippen LogP contribution in [-0.4, -0.2) is 0 Å². The number of fused-ring (bicyclic) bond motifs is 4. The van der Waals surface area contributed by atoms with E-state index < -0.39 is 0 Å². The Labute approximate surface area is 277 Å². The molecule has 0 N–H and O–H groups in total. The summed E-state index contributed by atoms with van der Waals surface area (Å²) in [4.78, 5) is 7.48. The quantitative estimate of drug-likeness (QED) is 0.176. The van der Waals surface area contributed by atoms with Gasteiger partial charge < -0.3 is 9.80 Å². The predicted octanol–water partition coefficient (Wildman–Crippen LogP) is 13.2. The SMILES string of the molecule is C1=CC(c2ccc(N(c3cccs3)c3c4ccccc4c(N4c5ccccc5Sc5ccccc54)c4ccccc34)cc2)=CCC1. The Bertz CT molecular complexity index is 2200. The number of hydrogen-bond donors (Lipinski definition) is 0. The summed E-state index contributed by atoms with van der Waals surface area (Å²) in [7, 11) is 0. The van der Waals surface area contributed by atoms with Gasteiger partial charge in [-0.15, -0.1) is 11.3 Å². The van der Waals surface area contributed by atoms with Gasteiger partial charge in [0.05, 0.1) is 27.8 Å². The highest BCUT2D eigenvalue weighted by Crippen LogP contribution is 2.56. The molecule has 0 fully saturated rings. The van der Waals surface area contributed by atoms with Crippen LogP contribution in [0.3, 0.4) is 0 Å². The lowest BCUT2D eigenvalue weighted by atomic mass is 9.95. The maximum atomic E-state index is 2.49. The van der Waals surface area contributed by atoms with Crippen molar-refractivity contribution in [1.82, 2.24) is 0 Å². The van der Waals surface area contributed by atoms with E-state index in [1.54, 1.807) is 11.3 Å². The smallest absolute Gasteiger partial charge is 0.0999 e. The molecule has 6 aromatic carbocycles. The number of thiophene rings is 1. The molecular formula is C42H30N2S2. The van der Waals surface area contributed by atoms with Gasteiger partial charge in [0.25, 0.3) is 0 Å². The minimum atomic E-state index is 1.10. The third-order valence-corrected chi connectivity index (χ3v) is 10.9. The molecule has 220 valence electrons. The van der Waals surface area contributed by atoms with E-state index in [4.69, 9.17) is 0 Å². The average molecular weight is 627 g/mol. The second-order valence-corrected chi connectivity index (χ2v) is 13.6. The fraction of sp³-hybridized carbons (Fsp3) is 0.0476. The molecule has 1 aromatic heterocycles. The van der Waals surface area contributed by atoms with Crippen molar-refractivity contribution >= 4 is 83.7 Å². The third-order valence-electron chi connectivity index (χ3n) is 8.93. The summed E-state index contributed by atoms with van der Waals surface area (Å²) < 4.78 is 0. The van der Waals surface area contributed by atoms with Crippen molar-refractivity contribution in [3.8, 4) is 0 Å². The van der Waals surface area contributed by atoms with Gasteiger partial charge in [-0.3, -0.25) is 0 Å². The largest absolute Gasteiger partial charge is 0.307 e. The molecule has 1 aliphatic heterocycles. The highest BCUT2D eigenvalue weighted by atomic mass is 32.2. The zero-order chi connectivity index (χ0) is 30.5. The summed E-state index contributed by atoms with van der Waals surface area (Å²) >= 11 is 3.62. The summed E-state index contributed by atoms with van der Waals surface area (Å²) in [5, 5.41) is 8.26. The van der Waals surface area contributed by atoms with E-state index in [9.17, 15) is 0 Å². The lowest BCUT2D eigenvalue weighted by Gasteiger charge is -2.36. The molecule has 0 saturated carbocycles. The number of allylic oxidation sites excluding steroid dienone is 4. The Morgan fingerprint density at radius 3 is 1.76 bits per heavy atom. The van der Waals surface area contributed by atoms with Gasteiger partial charge in [-0.1, -0.05) is 115 Å². The average Bonchev–Trinajstić information content (AvgIpc) is 3.66.